The summed E-state index contributed by atoms with van der Waals surface area (Å²) in [6.07, 6.45) is 0. The van der Waals surface area contributed by atoms with Crippen molar-refractivity contribution in [1.82, 2.24) is 4.98 Å². The Bertz CT molecular complexity index is 1120. The van der Waals surface area contributed by atoms with Crippen molar-refractivity contribution in [2.75, 3.05) is 19.0 Å². The summed E-state index contributed by atoms with van der Waals surface area (Å²) in [5.41, 5.74) is 3.54. The van der Waals surface area contributed by atoms with Gasteiger partial charge >= 0.3 is 0 Å². The highest BCUT2D eigenvalue weighted by Gasteiger charge is 2.06. The third kappa shape index (κ3) is 4.52. The molecule has 1 aromatic heterocycles. The van der Waals surface area contributed by atoms with E-state index in [0.29, 0.717) is 11.4 Å². The Morgan fingerprint density at radius 1 is 0.862 bits per heavy atom. The number of nitrogens with one attached hydrogen (secondary N) is 1. The minimum atomic E-state index is -0.225. The number of carbonyl (C=O) groups excluding carboxylic acids is 1. The number of methoxy groups -OCH3 is 1. The van der Waals surface area contributed by atoms with Crippen LogP contribution in [0.4, 0.5) is 5.69 Å². The van der Waals surface area contributed by atoms with Crippen molar-refractivity contribution in [3.05, 3.63) is 84.9 Å². The van der Waals surface area contributed by atoms with Crippen molar-refractivity contribution in [1.29, 1.82) is 0 Å². The third-order valence-corrected chi connectivity index (χ3v) is 4.49. The van der Waals surface area contributed by atoms with E-state index in [2.05, 4.69) is 11.4 Å². The van der Waals surface area contributed by atoms with E-state index >= 15 is 0 Å². The minimum Gasteiger partial charge on any atom is -0.497 e. The molecule has 0 aliphatic carbocycles. The molecular weight excluding hydrogens is 364 g/mol. The topological polar surface area (TPSA) is 60.5 Å². The summed E-state index contributed by atoms with van der Waals surface area (Å²) in [4.78, 5) is 16.8. The van der Waals surface area contributed by atoms with Crippen LogP contribution in [-0.2, 0) is 4.79 Å². The second kappa shape index (κ2) is 8.44. The van der Waals surface area contributed by atoms with Crippen molar-refractivity contribution in [3.8, 4) is 22.8 Å². The average molecular weight is 384 g/mol. The lowest BCUT2D eigenvalue weighted by molar-refractivity contribution is -0.118. The number of nitrogens with zero attached hydrogens (tertiary/aromatic N) is 1. The minimum absolute atomic E-state index is 0.0691. The van der Waals surface area contributed by atoms with Gasteiger partial charge in [0, 0.05) is 16.6 Å². The second-order valence-corrected chi connectivity index (χ2v) is 6.48. The molecule has 1 heterocycles. The van der Waals surface area contributed by atoms with E-state index in [4.69, 9.17) is 14.5 Å². The molecule has 3 aromatic carbocycles. The fourth-order valence-corrected chi connectivity index (χ4v) is 2.97. The molecule has 4 aromatic rings. The average Bonchev–Trinajstić information content (AvgIpc) is 2.78. The van der Waals surface area contributed by atoms with Crippen molar-refractivity contribution >= 4 is 22.5 Å². The Kier molecular flexibility index (Phi) is 5.38. The Morgan fingerprint density at radius 3 is 2.34 bits per heavy atom. The Balaban J connectivity index is 1.37. The van der Waals surface area contributed by atoms with Crippen LogP contribution in [0.1, 0.15) is 0 Å². The van der Waals surface area contributed by atoms with E-state index in [1.165, 1.54) is 0 Å². The lowest BCUT2D eigenvalue weighted by Gasteiger charge is -2.09. The van der Waals surface area contributed by atoms with Crippen LogP contribution in [0.3, 0.4) is 0 Å². The van der Waals surface area contributed by atoms with Gasteiger partial charge in [-0.05, 0) is 48.5 Å². The molecule has 4 rings (SSSR count). The number of amides is 1. The number of hydrogen-bond acceptors (Lipinski definition) is 4. The Hall–Kier alpha value is -3.86. The fourth-order valence-electron chi connectivity index (χ4n) is 2.97. The van der Waals surface area contributed by atoms with Crippen LogP contribution in [0, 0.1) is 0 Å². The molecule has 0 aliphatic heterocycles. The number of para-hydroxylation sites is 1. The summed E-state index contributed by atoms with van der Waals surface area (Å²) >= 11 is 0. The zero-order valence-corrected chi connectivity index (χ0v) is 16.0. The maximum Gasteiger partial charge on any atom is 0.262 e. The summed E-state index contributed by atoms with van der Waals surface area (Å²) in [6, 6.07) is 26.8. The van der Waals surface area contributed by atoms with Crippen molar-refractivity contribution in [2.45, 2.75) is 0 Å². The summed E-state index contributed by atoms with van der Waals surface area (Å²) in [7, 11) is 1.60. The molecular formula is C24H20N2O3. The number of carbonyl (C=O) groups is 1. The first-order valence-electron chi connectivity index (χ1n) is 9.24. The smallest absolute Gasteiger partial charge is 0.262 e. The summed E-state index contributed by atoms with van der Waals surface area (Å²) in [5.74, 6) is 1.12. The Morgan fingerprint density at radius 2 is 1.59 bits per heavy atom. The predicted octanol–water partition coefficient (Wildman–Crippen LogP) is 4.93. The van der Waals surface area contributed by atoms with Crippen LogP contribution >= 0.6 is 0 Å². The van der Waals surface area contributed by atoms with Gasteiger partial charge in [-0.2, -0.15) is 0 Å². The van der Waals surface area contributed by atoms with Crippen LogP contribution in [0.25, 0.3) is 22.2 Å². The molecule has 1 N–H and O–H groups in total. The molecule has 0 atom stereocenters. The molecule has 0 unspecified atom stereocenters. The van der Waals surface area contributed by atoms with E-state index in [-0.39, 0.29) is 12.5 Å². The molecule has 0 spiro atoms. The number of anilines is 1. The maximum atomic E-state index is 12.1. The van der Waals surface area contributed by atoms with E-state index in [9.17, 15) is 4.79 Å². The van der Waals surface area contributed by atoms with Gasteiger partial charge in [-0.1, -0.05) is 36.4 Å². The molecule has 0 saturated carbocycles. The quantitative estimate of drug-likeness (QED) is 0.512. The number of fused-ring (bicyclic) bond motifs is 1. The number of aromatic nitrogens is 1. The Labute approximate surface area is 168 Å². The van der Waals surface area contributed by atoms with E-state index in [0.717, 1.165) is 27.9 Å². The standard InChI is InChI=1S/C24H20N2O3/c1-28-20-11-13-21(14-12-20)29-16-24(27)25-19-9-6-18(7-10-19)23-15-8-17-4-2-3-5-22(17)26-23/h2-15H,16H2,1H3,(H,25,27). The van der Waals surface area contributed by atoms with Crippen LogP contribution in [0.15, 0.2) is 84.9 Å². The summed E-state index contributed by atoms with van der Waals surface area (Å²) < 4.78 is 10.6. The van der Waals surface area contributed by atoms with Crippen molar-refractivity contribution < 1.29 is 14.3 Å². The van der Waals surface area contributed by atoms with Crippen LogP contribution in [0.5, 0.6) is 11.5 Å². The normalized spacial score (nSPS) is 10.5. The maximum absolute atomic E-state index is 12.1. The first kappa shape index (κ1) is 18.5. The monoisotopic (exact) mass is 384 g/mol. The van der Waals surface area contributed by atoms with Gasteiger partial charge in [-0.3, -0.25) is 4.79 Å². The number of rotatable bonds is 6. The van der Waals surface area contributed by atoms with Gasteiger partial charge in [0.05, 0.1) is 18.3 Å². The van der Waals surface area contributed by atoms with Crippen molar-refractivity contribution in [2.24, 2.45) is 0 Å². The summed E-state index contributed by atoms with van der Waals surface area (Å²) in [5, 5.41) is 3.94. The van der Waals surface area contributed by atoms with Gasteiger partial charge in [-0.15, -0.1) is 0 Å². The molecule has 1 amide bonds. The SMILES string of the molecule is COc1ccc(OCC(=O)Nc2ccc(-c3ccc4ccccc4n3)cc2)cc1. The van der Waals surface area contributed by atoms with Gasteiger partial charge in [0.15, 0.2) is 6.61 Å². The number of pyridine rings is 1. The predicted molar refractivity (Wildman–Crippen MR) is 114 cm³/mol. The summed E-state index contributed by atoms with van der Waals surface area (Å²) in [6.45, 7) is -0.0691. The molecule has 5 nitrogen and oxygen atoms in total. The van der Waals surface area contributed by atoms with Crippen LogP contribution < -0.4 is 14.8 Å². The first-order chi connectivity index (χ1) is 14.2. The zero-order chi connectivity index (χ0) is 20.1. The van der Waals surface area contributed by atoms with E-state index < -0.39 is 0 Å². The highest BCUT2D eigenvalue weighted by atomic mass is 16.5. The molecule has 0 fully saturated rings. The van der Waals surface area contributed by atoms with Crippen LogP contribution in [-0.4, -0.2) is 24.6 Å². The van der Waals surface area contributed by atoms with E-state index in [1.54, 1.807) is 31.4 Å². The highest BCUT2D eigenvalue weighted by Crippen LogP contribution is 2.23. The molecule has 144 valence electrons. The molecule has 29 heavy (non-hydrogen) atoms. The lowest BCUT2D eigenvalue weighted by Crippen LogP contribution is -2.20. The van der Waals surface area contributed by atoms with Gasteiger partial charge in [-0.25, -0.2) is 4.98 Å². The fraction of sp³-hybridized carbons (Fsp3) is 0.0833. The largest absolute Gasteiger partial charge is 0.497 e. The van der Waals surface area contributed by atoms with E-state index in [1.807, 2.05) is 54.6 Å². The second-order valence-electron chi connectivity index (χ2n) is 6.48. The molecule has 0 aliphatic rings. The van der Waals surface area contributed by atoms with Gasteiger partial charge in [0.25, 0.3) is 5.91 Å². The number of ether oxygens (including phenoxy) is 2. The number of benzene rings is 3. The highest BCUT2D eigenvalue weighted by molar-refractivity contribution is 5.92. The third-order valence-electron chi connectivity index (χ3n) is 4.49. The van der Waals surface area contributed by atoms with Gasteiger partial charge in [0.1, 0.15) is 11.5 Å². The molecule has 0 radical (unpaired) electrons. The van der Waals surface area contributed by atoms with Crippen molar-refractivity contribution in [3.63, 3.8) is 0 Å². The number of hydrogen-bond donors (Lipinski definition) is 1. The van der Waals surface area contributed by atoms with Crippen LogP contribution in [0.2, 0.25) is 0 Å². The van der Waals surface area contributed by atoms with Gasteiger partial charge < -0.3 is 14.8 Å². The molecule has 5 heteroatoms. The molecule has 0 bridgehead atoms. The first-order valence-corrected chi connectivity index (χ1v) is 9.24. The molecule has 0 saturated heterocycles. The lowest BCUT2D eigenvalue weighted by atomic mass is 10.1. The zero-order valence-electron chi connectivity index (χ0n) is 16.0. The van der Waals surface area contributed by atoms with Gasteiger partial charge in [0.2, 0.25) is 0 Å².